The van der Waals surface area contributed by atoms with E-state index >= 15 is 0 Å². The molecule has 1 aromatic heterocycles. The predicted molar refractivity (Wildman–Crippen MR) is 102 cm³/mol. The Morgan fingerprint density at radius 1 is 0.962 bits per heavy atom. The van der Waals surface area contributed by atoms with E-state index < -0.39 is 0 Å². The number of hydrogen-bond acceptors (Lipinski definition) is 3. The first-order valence-electron chi connectivity index (χ1n) is 8.66. The molecule has 0 saturated heterocycles. The summed E-state index contributed by atoms with van der Waals surface area (Å²) in [5, 5.41) is 2.98. The number of benzene rings is 2. The summed E-state index contributed by atoms with van der Waals surface area (Å²) in [5.74, 6) is 0.399. The number of carbonyl (C=O) groups is 1. The molecule has 0 bridgehead atoms. The van der Waals surface area contributed by atoms with Crippen LogP contribution in [-0.4, -0.2) is 24.5 Å². The molecule has 2 aromatic carbocycles. The highest BCUT2D eigenvalue weighted by molar-refractivity contribution is 5.96. The standard InChI is InChI=1S/C22H22N2O2/c1-26-22-20(13-8-15-24-22)21(25)23-16-14-19(17-9-4-2-5-10-17)18-11-6-3-7-12-18/h2-13,15,19H,14,16H2,1H3,(H,23,25). The van der Waals surface area contributed by atoms with Crippen molar-refractivity contribution in [2.75, 3.05) is 13.7 Å². The minimum absolute atomic E-state index is 0.171. The molecule has 0 radical (unpaired) electrons. The highest BCUT2D eigenvalue weighted by atomic mass is 16.5. The van der Waals surface area contributed by atoms with Gasteiger partial charge in [0.25, 0.3) is 5.91 Å². The zero-order valence-electron chi connectivity index (χ0n) is 14.8. The second kappa shape index (κ2) is 8.81. The second-order valence-electron chi connectivity index (χ2n) is 5.98. The Morgan fingerprint density at radius 3 is 2.15 bits per heavy atom. The van der Waals surface area contributed by atoms with Gasteiger partial charge in [-0.25, -0.2) is 4.98 Å². The number of nitrogens with zero attached hydrogens (tertiary/aromatic N) is 1. The monoisotopic (exact) mass is 346 g/mol. The lowest BCUT2D eigenvalue weighted by Gasteiger charge is -2.18. The Labute approximate surface area is 153 Å². The third-order valence-corrected chi connectivity index (χ3v) is 4.33. The van der Waals surface area contributed by atoms with Crippen molar-refractivity contribution >= 4 is 5.91 Å². The van der Waals surface area contributed by atoms with Crippen molar-refractivity contribution in [1.82, 2.24) is 10.3 Å². The Kier molecular flexibility index (Phi) is 5.99. The van der Waals surface area contributed by atoms with Gasteiger partial charge >= 0.3 is 0 Å². The first-order valence-corrected chi connectivity index (χ1v) is 8.66. The molecule has 0 aliphatic carbocycles. The summed E-state index contributed by atoms with van der Waals surface area (Å²) in [6.45, 7) is 0.561. The fraction of sp³-hybridized carbons (Fsp3) is 0.182. The molecule has 4 heteroatoms. The second-order valence-corrected chi connectivity index (χ2v) is 5.98. The number of hydrogen-bond donors (Lipinski definition) is 1. The molecule has 0 atom stereocenters. The summed E-state index contributed by atoms with van der Waals surface area (Å²) in [6, 6.07) is 24.2. The zero-order chi connectivity index (χ0) is 18.2. The molecule has 1 heterocycles. The van der Waals surface area contributed by atoms with Gasteiger partial charge < -0.3 is 10.1 Å². The average Bonchev–Trinajstić information content (AvgIpc) is 2.72. The molecule has 1 amide bonds. The van der Waals surface area contributed by atoms with E-state index in [1.807, 2.05) is 36.4 Å². The lowest BCUT2D eigenvalue weighted by molar-refractivity contribution is 0.0949. The van der Waals surface area contributed by atoms with Gasteiger partial charge in [0.2, 0.25) is 5.88 Å². The highest BCUT2D eigenvalue weighted by Crippen LogP contribution is 2.27. The number of ether oxygens (including phenoxy) is 1. The Morgan fingerprint density at radius 2 is 1.58 bits per heavy atom. The molecule has 26 heavy (non-hydrogen) atoms. The molecule has 0 aliphatic rings. The third-order valence-electron chi connectivity index (χ3n) is 4.33. The molecular formula is C22H22N2O2. The van der Waals surface area contributed by atoms with E-state index in [0.717, 1.165) is 6.42 Å². The minimum Gasteiger partial charge on any atom is -0.480 e. The third kappa shape index (κ3) is 4.28. The van der Waals surface area contributed by atoms with E-state index in [2.05, 4.69) is 34.6 Å². The highest BCUT2D eigenvalue weighted by Gasteiger charge is 2.16. The van der Waals surface area contributed by atoms with Gasteiger partial charge in [0.15, 0.2) is 0 Å². The van der Waals surface area contributed by atoms with Gasteiger partial charge in [-0.3, -0.25) is 4.79 Å². The number of carbonyl (C=O) groups excluding carboxylic acids is 1. The van der Waals surface area contributed by atoms with Gasteiger partial charge in [0, 0.05) is 18.7 Å². The van der Waals surface area contributed by atoms with Crippen molar-refractivity contribution < 1.29 is 9.53 Å². The van der Waals surface area contributed by atoms with Crippen molar-refractivity contribution in [3.63, 3.8) is 0 Å². The summed E-state index contributed by atoms with van der Waals surface area (Å²) in [4.78, 5) is 16.5. The lowest BCUT2D eigenvalue weighted by Crippen LogP contribution is -2.26. The van der Waals surface area contributed by atoms with Crippen LogP contribution in [0.5, 0.6) is 5.88 Å². The van der Waals surface area contributed by atoms with Gasteiger partial charge in [-0.15, -0.1) is 0 Å². The SMILES string of the molecule is COc1ncccc1C(=O)NCCC(c1ccccc1)c1ccccc1. The number of aromatic nitrogens is 1. The van der Waals surface area contributed by atoms with Gasteiger partial charge in [-0.2, -0.15) is 0 Å². The summed E-state index contributed by atoms with van der Waals surface area (Å²) in [7, 11) is 1.51. The molecule has 1 N–H and O–H groups in total. The zero-order valence-corrected chi connectivity index (χ0v) is 14.8. The van der Waals surface area contributed by atoms with Crippen LogP contribution in [0.4, 0.5) is 0 Å². The molecule has 0 aliphatic heterocycles. The van der Waals surface area contributed by atoms with Gasteiger partial charge in [-0.1, -0.05) is 60.7 Å². The largest absolute Gasteiger partial charge is 0.480 e. The van der Waals surface area contributed by atoms with Gasteiger partial charge in [0.1, 0.15) is 5.56 Å². The fourth-order valence-electron chi connectivity index (χ4n) is 3.05. The molecular weight excluding hydrogens is 324 g/mol. The number of methoxy groups -OCH3 is 1. The summed E-state index contributed by atoms with van der Waals surface area (Å²) in [6.07, 6.45) is 2.42. The maximum Gasteiger partial charge on any atom is 0.256 e. The van der Waals surface area contributed by atoms with Crippen molar-refractivity contribution in [3.8, 4) is 5.88 Å². The van der Waals surface area contributed by atoms with E-state index in [1.54, 1.807) is 18.3 Å². The average molecular weight is 346 g/mol. The quantitative estimate of drug-likeness (QED) is 0.702. The smallest absolute Gasteiger partial charge is 0.256 e. The molecule has 0 fully saturated rings. The predicted octanol–water partition coefficient (Wildman–Crippen LogP) is 4.04. The molecule has 0 saturated carbocycles. The van der Waals surface area contributed by atoms with Crippen LogP contribution >= 0.6 is 0 Å². The number of rotatable bonds is 7. The minimum atomic E-state index is -0.171. The van der Waals surface area contributed by atoms with Crippen molar-refractivity contribution in [2.24, 2.45) is 0 Å². The van der Waals surface area contributed by atoms with Crippen molar-refractivity contribution in [1.29, 1.82) is 0 Å². The van der Waals surface area contributed by atoms with Crippen LogP contribution in [0.2, 0.25) is 0 Å². The molecule has 0 unspecified atom stereocenters. The molecule has 4 nitrogen and oxygen atoms in total. The van der Waals surface area contributed by atoms with Crippen molar-refractivity contribution in [2.45, 2.75) is 12.3 Å². The van der Waals surface area contributed by atoms with Crippen LogP contribution < -0.4 is 10.1 Å². The van der Waals surface area contributed by atoms with E-state index in [-0.39, 0.29) is 11.8 Å². The number of amides is 1. The van der Waals surface area contributed by atoms with Crippen LogP contribution in [0, 0.1) is 0 Å². The summed E-state index contributed by atoms with van der Waals surface area (Å²) in [5.41, 5.74) is 2.93. The van der Waals surface area contributed by atoms with E-state index in [0.29, 0.717) is 18.0 Å². The maximum atomic E-state index is 12.4. The lowest BCUT2D eigenvalue weighted by atomic mass is 9.88. The van der Waals surface area contributed by atoms with E-state index in [9.17, 15) is 4.79 Å². The van der Waals surface area contributed by atoms with Gasteiger partial charge in [0.05, 0.1) is 7.11 Å². The van der Waals surface area contributed by atoms with Crippen LogP contribution in [-0.2, 0) is 0 Å². The molecule has 0 spiro atoms. The van der Waals surface area contributed by atoms with Crippen LogP contribution in [0.15, 0.2) is 79.0 Å². The number of nitrogens with one attached hydrogen (secondary N) is 1. The molecule has 3 rings (SSSR count). The molecule has 132 valence electrons. The first-order chi connectivity index (χ1) is 12.8. The fourth-order valence-corrected chi connectivity index (χ4v) is 3.05. The Balaban J connectivity index is 1.70. The number of pyridine rings is 1. The van der Waals surface area contributed by atoms with E-state index in [4.69, 9.17) is 4.74 Å². The van der Waals surface area contributed by atoms with E-state index in [1.165, 1.54) is 18.2 Å². The first kappa shape index (κ1) is 17.7. The van der Waals surface area contributed by atoms with Crippen LogP contribution in [0.3, 0.4) is 0 Å². The van der Waals surface area contributed by atoms with Crippen molar-refractivity contribution in [3.05, 3.63) is 95.7 Å². The molecule has 3 aromatic rings. The maximum absolute atomic E-state index is 12.4. The summed E-state index contributed by atoms with van der Waals surface area (Å²) >= 11 is 0. The normalized spacial score (nSPS) is 10.5. The Hall–Kier alpha value is -3.14. The van der Waals surface area contributed by atoms with Crippen LogP contribution in [0.1, 0.15) is 33.8 Å². The van der Waals surface area contributed by atoms with Crippen LogP contribution in [0.25, 0.3) is 0 Å². The van der Waals surface area contributed by atoms with Gasteiger partial charge in [-0.05, 0) is 29.7 Å². The summed E-state index contributed by atoms with van der Waals surface area (Å²) < 4.78 is 5.16. The Bertz CT molecular complexity index is 796. The topological polar surface area (TPSA) is 51.2 Å².